The standard InChI is InChI=1S/C24H41N/c1-7-8-9-10-11-12-13-14-15-16-17-21(4)24(20(2)3)25-22(5)18-19-23(25)6/h18-20,24H,4-17H2,1-3H3. The van der Waals surface area contributed by atoms with Gasteiger partial charge in [0.2, 0.25) is 0 Å². The fraction of sp³-hybridized carbons (Fsp3) is 0.667. The van der Waals surface area contributed by atoms with Crippen LogP contribution in [0.4, 0.5) is 0 Å². The Morgan fingerprint density at radius 1 is 0.840 bits per heavy atom. The third-order valence-electron chi connectivity index (χ3n) is 5.27. The van der Waals surface area contributed by atoms with Crippen LogP contribution in [0, 0.1) is 5.92 Å². The van der Waals surface area contributed by atoms with Gasteiger partial charge in [-0.05, 0) is 30.9 Å². The molecule has 0 fully saturated rings. The van der Waals surface area contributed by atoms with Gasteiger partial charge in [-0.25, -0.2) is 0 Å². The zero-order valence-corrected chi connectivity index (χ0v) is 17.2. The molecule has 0 aliphatic carbocycles. The molecule has 1 aromatic rings. The Balaban J connectivity index is 2.28. The summed E-state index contributed by atoms with van der Waals surface area (Å²) in [6, 6.07) is 4.45. The van der Waals surface area contributed by atoms with Gasteiger partial charge in [0.05, 0.1) is 6.04 Å². The predicted molar refractivity (Wildman–Crippen MR) is 114 cm³/mol. The SMILES string of the molecule is C=C(CCCCCCCCCCCC)C(C(C)C)n1c(=C)ccc1=C. The summed E-state index contributed by atoms with van der Waals surface area (Å²) in [5.74, 6) is 0.518. The van der Waals surface area contributed by atoms with Crippen molar-refractivity contribution in [3.05, 3.63) is 35.0 Å². The highest BCUT2D eigenvalue weighted by Gasteiger charge is 2.19. The molecule has 142 valence electrons. The molecule has 0 bridgehead atoms. The van der Waals surface area contributed by atoms with E-state index < -0.39 is 0 Å². The molecule has 0 saturated heterocycles. The molecular formula is C24H41N. The molecule has 0 aromatic carbocycles. The average molecular weight is 344 g/mol. The highest BCUT2D eigenvalue weighted by molar-refractivity contribution is 5.15. The summed E-state index contributed by atoms with van der Waals surface area (Å²) in [5.41, 5.74) is 1.33. The Bertz CT molecular complexity index is 550. The summed E-state index contributed by atoms with van der Waals surface area (Å²) in [6.45, 7) is 19.6. The molecule has 0 aliphatic rings. The summed E-state index contributed by atoms with van der Waals surface area (Å²) < 4.78 is 2.27. The molecule has 0 radical (unpaired) electrons. The van der Waals surface area contributed by atoms with Crippen LogP contribution < -0.4 is 10.7 Å². The van der Waals surface area contributed by atoms with Crippen LogP contribution in [0.15, 0.2) is 24.3 Å². The highest BCUT2D eigenvalue weighted by Crippen LogP contribution is 2.27. The summed E-state index contributed by atoms with van der Waals surface area (Å²) >= 11 is 0. The number of hydrogen-bond acceptors (Lipinski definition) is 0. The second kappa shape index (κ2) is 12.2. The lowest BCUT2D eigenvalue weighted by Gasteiger charge is -2.26. The Labute approximate surface area is 156 Å². The van der Waals surface area contributed by atoms with E-state index in [2.05, 4.69) is 57.2 Å². The van der Waals surface area contributed by atoms with Crippen LogP contribution in [-0.4, -0.2) is 4.57 Å². The van der Waals surface area contributed by atoms with Crippen molar-refractivity contribution in [3.8, 4) is 0 Å². The van der Waals surface area contributed by atoms with E-state index in [-0.39, 0.29) is 0 Å². The van der Waals surface area contributed by atoms with Crippen molar-refractivity contribution in [3.63, 3.8) is 0 Å². The molecule has 1 heteroatoms. The van der Waals surface area contributed by atoms with Gasteiger partial charge in [-0.3, -0.25) is 0 Å². The van der Waals surface area contributed by atoms with Gasteiger partial charge in [0.25, 0.3) is 0 Å². The Hall–Kier alpha value is -1.24. The first-order valence-corrected chi connectivity index (χ1v) is 10.5. The molecule has 1 unspecified atom stereocenters. The van der Waals surface area contributed by atoms with E-state index >= 15 is 0 Å². The maximum Gasteiger partial charge on any atom is 0.0571 e. The fourth-order valence-electron chi connectivity index (χ4n) is 3.83. The first kappa shape index (κ1) is 21.8. The quantitative estimate of drug-likeness (QED) is 0.273. The Morgan fingerprint density at radius 3 is 1.72 bits per heavy atom. The van der Waals surface area contributed by atoms with E-state index in [1.165, 1.54) is 69.8 Å². The molecular weight excluding hydrogens is 302 g/mol. The smallest absolute Gasteiger partial charge is 0.0571 e. The summed E-state index contributed by atoms with van der Waals surface area (Å²) in [6.07, 6.45) is 14.9. The monoisotopic (exact) mass is 343 g/mol. The van der Waals surface area contributed by atoms with E-state index in [0.29, 0.717) is 12.0 Å². The van der Waals surface area contributed by atoms with Crippen LogP contribution in [0.1, 0.15) is 97.4 Å². The summed E-state index contributed by atoms with van der Waals surface area (Å²) in [7, 11) is 0. The number of rotatable bonds is 14. The molecule has 0 aliphatic heterocycles. The number of unbranched alkanes of at least 4 members (excludes halogenated alkanes) is 9. The van der Waals surface area contributed by atoms with Crippen LogP contribution in [0.2, 0.25) is 0 Å². The number of hydrogen-bond donors (Lipinski definition) is 0. The third kappa shape index (κ3) is 7.67. The number of aromatic nitrogens is 1. The normalized spacial score (nSPS) is 12.6. The lowest BCUT2D eigenvalue weighted by molar-refractivity contribution is 0.404. The molecule has 1 rings (SSSR count). The number of nitrogens with zero attached hydrogens (tertiary/aromatic N) is 1. The van der Waals surface area contributed by atoms with Crippen molar-refractivity contribution in [2.75, 3.05) is 0 Å². The van der Waals surface area contributed by atoms with E-state index in [1.54, 1.807) is 0 Å². The highest BCUT2D eigenvalue weighted by atomic mass is 15.0. The zero-order chi connectivity index (χ0) is 18.7. The van der Waals surface area contributed by atoms with Crippen molar-refractivity contribution in [1.82, 2.24) is 4.57 Å². The molecule has 1 atom stereocenters. The Kier molecular flexibility index (Phi) is 10.6. The zero-order valence-electron chi connectivity index (χ0n) is 17.2. The lowest BCUT2D eigenvalue weighted by Crippen LogP contribution is -2.33. The van der Waals surface area contributed by atoms with E-state index in [4.69, 9.17) is 0 Å². The van der Waals surface area contributed by atoms with Crippen LogP contribution in [-0.2, 0) is 0 Å². The van der Waals surface area contributed by atoms with Gasteiger partial charge in [-0.15, -0.1) is 0 Å². The third-order valence-corrected chi connectivity index (χ3v) is 5.27. The minimum absolute atomic E-state index is 0.327. The molecule has 1 aromatic heterocycles. The molecule has 1 heterocycles. The number of allylic oxidation sites excluding steroid dienone is 1. The maximum absolute atomic E-state index is 4.41. The predicted octanol–water partition coefficient (Wildman–Crippen LogP) is 6.37. The minimum atomic E-state index is 0.327. The van der Waals surface area contributed by atoms with Gasteiger partial charge >= 0.3 is 0 Å². The lowest BCUT2D eigenvalue weighted by atomic mass is 9.92. The van der Waals surface area contributed by atoms with Crippen LogP contribution >= 0.6 is 0 Å². The molecule has 25 heavy (non-hydrogen) atoms. The van der Waals surface area contributed by atoms with Crippen LogP contribution in [0.5, 0.6) is 0 Å². The van der Waals surface area contributed by atoms with Crippen molar-refractivity contribution < 1.29 is 0 Å². The van der Waals surface area contributed by atoms with E-state index in [0.717, 1.165) is 17.1 Å². The summed E-state index contributed by atoms with van der Waals surface area (Å²) in [4.78, 5) is 0. The first-order chi connectivity index (χ1) is 12.0. The maximum atomic E-state index is 4.41. The first-order valence-electron chi connectivity index (χ1n) is 10.5. The van der Waals surface area contributed by atoms with Gasteiger partial charge in [-0.1, -0.05) is 104 Å². The summed E-state index contributed by atoms with van der Waals surface area (Å²) in [5, 5.41) is 2.10. The van der Waals surface area contributed by atoms with Gasteiger partial charge in [0, 0.05) is 10.7 Å². The van der Waals surface area contributed by atoms with Crippen molar-refractivity contribution >= 4 is 13.2 Å². The second-order valence-corrected chi connectivity index (χ2v) is 7.97. The average Bonchev–Trinajstić information content (AvgIpc) is 2.89. The van der Waals surface area contributed by atoms with Crippen LogP contribution in [0.25, 0.3) is 13.2 Å². The van der Waals surface area contributed by atoms with E-state index in [9.17, 15) is 0 Å². The van der Waals surface area contributed by atoms with Gasteiger partial charge < -0.3 is 4.57 Å². The van der Waals surface area contributed by atoms with Crippen molar-refractivity contribution in [2.24, 2.45) is 5.92 Å². The van der Waals surface area contributed by atoms with Gasteiger partial charge in [0.15, 0.2) is 0 Å². The van der Waals surface area contributed by atoms with Crippen molar-refractivity contribution in [1.29, 1.82) is 0 Å². The Morgan fingerprint density at radius 2 is 1.28 bits per heavy atom. The fourth-order valence-corrected chi connectivity index (χ4v) is 3.83. The molecule has 0 N–H and O–H groups in total. The van der Waals surface area contributed by atoms with Gasteiger partial charge in [-0.2, -0.15) is 0 Å². The topological polar surface area (TPSA) is 4.93 Å². The second-order valence-electron chi connectivity index (χ2n) is 7.97. The van der Waals surface area contributed by atoms with Gasteiger partial charge in [0.1, 0.15) is 0 Å². The van der Waals surface area contributed by atoms with E-state index in [1.807, 2.05) is 0 Å². The van der Waals surface area contributed by atoms with Crippen molar-refractivity contribution in [2.45, 2.75) is 97.4 Å². The molecule has 0 spiro atoms. The molecule has 0 amide bonds. The largest absolute Gasteiger partial charge is 0.335 e. The molecule has 0 saturated carbocycles. The molecule has 1 nitrogen and oxygen atoms in total. The minimum Gasteiger partial charge on any atom is -0.335 e. The van der Waals surface area contributed by atoms with Crippen LogP contribution in [0.3, 0.4) is 0 Å².